The largest absolute Gasteiger partial charge is 0.452 e. The second-order valence-corrected chi connectivity index (χ2v) is 1.04. The Morgan fingerprint density at radius 2 is 2.00 bits per heavy atom. The van der Waals surface area contributed by atoms with E-state index in [2.05, 4.69) is 25.9 Å². The molecule has 0 bridgehead atoms. The van der Waals surface area contributed by atoms with Gasteiger partial charge in [0.05, 0.1) is 0 Å². The molecule has 54 valence electrons. The van der Waals surface area contributed by atoms with E-state index >= 15 is 0 Å². The number of rotatable bonds is 1. The van der Waals surface area contributed by atoms with Crippen molar-refractivity contribution in [3.05, 3.63) is 0 Å². The number of hydrogen-bond donors (Lipinski definition) is 0. The summed E-state index contributed by atoms with van der Waals surface area (Å²) in [5.41, 5.74) is 0. The van der Waals surface area contributed by atoms with Gasteiger partial charge in [0.2, 0.25) is 0 Å². The Hall–Kier alpha value is -1.32. The first-order chi connectivity index (χ1) is 4.72. The summed E-state index contributed by atoms with van der Waals surface area (Å²) >= 11 is 4.41. The third kappa shape index (κ3) is 2.86. The summed E-state index contributed by atoms with van der Waals surface area (Å²) in [6.45, 7) is 0. The molecular weight excluding hydrogens is 165 g/mol. The van der Waals surface area contributed by atoms with Crippen LogP contribution in [-0.2, 0) is 23.7 Å². The molecular formula is C3ClNO5. The molecule has 0 aromatic rings. The minimum atomic E-state index is -1.50. The van der Waals surface area contributed by atoms with Gasteiger partial charge in [-0.05, 0) is 0 Å². The highest BCUT2D eigenvalue weighted by Gasteiger charge is 2.18. The summed E-state index contributed by atoms with van der Waals surface area (Å²) in [6.07, 6.45) is 0.958. The number of halogens is 1. The number of nitrogens with zero attached hydrogens (tertiary/aromatic N) is 1. The van der Waals surface area contributed by atoms with Crippen LogP contribution in [0.5, 0.6) is 0 Å². The van der Waals surface area contributed by atoms with Gasteiger partial charge in [-0.25, -0.2) is 9.59 Å². The molecule has 0 saturated carbocycles. The van der Waals surface area contributed by atoms with E-state index in [1.165, 1.54) is 0 Å². The van der Waals surface area contributed by atoms with Gasteiger partial charge in [-0.15, -0.1) is 5.26 Å². The van der Waals surface area contributed by atoms with E-state index in [0.29, 0.717) is 0 Å². The summed E-state index contributed by atoms with van der Waals surface area (Å²) in [4.78, 5) is 23.6. The number of ether oxygens (including phenoxy) is 1. The van der Waals surface area contributed by atoms with Gasteiger partial charge in [0, 0.05) is 0 Å². The van der Waals surface area contributed by atoms with Gasteiger partial charge in [-0.2, -0.15) is 0 Å². The van der Waals surface area contributed by atoms with Crippen LogP contribution in [0.15, 0.2) is 0 Å². The number of carbonyl (C=O) groups excluding carboxylic acids is 2. The lowest BCUT2D eigenvalue weighted by Crippen LogP contribution is -2.17. The molecule has 0 aliphatic rings. The molecule has 0 aromatic carbocycles. The Morgan fingerprint density at radius 1 is 1.40 bits per heavy atom. The fraction of sp³-hybridized carbons (Fsp3) is 0. The summed E-state index contributed by atoms with van der Waals surface area (Å²) in [5.74, 6) is -3.00. The van der Waals surface area contributed by atoms with Crippen LogP contribution in [0.1, 0.15) is 0 Å². The minimum absolute atomic E-state index is 0.958. The number of hydrogen-bond acceptors (Lipinski definition) is 6. The monoisotopic (exact) mass is 165 g/mol. The molecule has 0 aromatic heterocycles. The van der Waals surface area contributed by atoms with Gasteiger partial charge < -0.3 is 4.74 Å². The molecule has 0 spiro atoms. The highest BCUT2D eigenvalue weighted by molar-refractivity contribution is 6.30. The van der Waals surface area contributed by atoms with E-state index in [4.69, 9.17) is 5.26 Å². The Bertz CT molecular complexity index is 184. The maximum Gasteiger partial charge on any atom is 0.452 e. The van der Waals surface area contributed by atoms with Crippen LogP contribution in [0.25, 0.3) is 0 Å². The molecule has 0 unspecified atom stereocenters. The molecule has 0 atom stereocenters. The lowest BCUT2D eigenvalue weighted by atomic mass is 10.7. The number of carbonyl (C=O) groups is 2. The van der Waals surface area contributed by atoms with E-state index in [0.717, 1.165) is 6.26 Å². The topological polar surface area (TPSA) is 85.6 Å². The second kappa shape index (κ2) is 4.55. The lowest BCUT2D eigenvalue weighted by Gasteiger charge is -1.90. The summed E-state index contributed by atoms with van der Waals surface area (Å²) in [7, 11) is 0. The summed E-state index contributed by atoms with van der Waals surface area (Å²) < 4.78 is 6.79. The van der Waals surface area contributed by atoms with Crippen LogP contribution >= 0.6 is 11.9 Å². The molecule has 0 N–H and O–H groups in total. The normalized spacial score (nSPS) is 7.60. The highest BCUT2D eigenvalue weighted by atomic mass is 35.5. The van der Waals surface area contributed by atoms with Crippen molar-refractivity contribution in [3.63, 3.8) is 0 Å². The molecule has 0 heterocycles. The van der Waals surface area contributed by atoms with Gasteiger partial charge >= 0.3 is 11.9 Å². The third-order valence-electron chi connectivity index (χ3n) is 0.412. The van der Waals surface area contributed by atoms with Crippen molar-refractivity contribution in [3.8, 4) is 6.26 Å². The first-order valence-electron chi connectivity index (χ1n) is 1.82. The average molecular weight is 165 g/mol. The zero-order valence-corrected chi connectivity index (χ0v) is 5.12. The van der Waals surface area contributed by atoms with Crippen LogP contribution in [0.2, 0.25) is 0 Å². The average Bonchev–Trinajstić information content (AvgIpc) is 1.89. The van der Waals surface area contributed by atoms with Crippen LogP contribution in [0, 0.1) is 11.5 Å². The molecule has 6 nitrogen and oxygen atoms in total. The molecule has 0 rings (SSSR count). The van der Waals surface area contributed by atoms with Crippen molar-refractivity contribution in [1.82, 2.24) is 0 Å². The predicted molar refractivity (Wildman–Crippen MR) is 24.7 cm³/mol. The van der Waals surface area contributed by atoms with Crippen molar-refractivity contribution in [2.45, 2.75) is 0 Å². The molecule has 0 amide bonds. The fourth-order valence-corrected chi connectivity index (χ4v) is 0.203. The van der Waals surface area contributed by atoms with E-state index < -0.39 is 11.9 Å². The Balaban J connectivity index is 3.74. The van der Waals surface area contributed by atoms with Crippen LogP contribution < -0.4 is 0 Å². The van der Waals surface area contributed by atoms with Gasteiger partial charge in [0.1, 0.15) is 11.9 Å². The fourth-order valence-electron chi connectivity index (χ4n) is 0.146. The maximum atomic E-state index is 10.1. The highest BCUT2D eigenvalue weighted by Crippen LogP contribution is 1.86. The van der Waals surface area contributed by atoms with Crippen molar-refractivity contribution >= 4 is 23.8 Å². The minimum Gasteiger partial charge on any atom is -0.342 e. The Labute approximate surface area is 59.9 Å². The van der Waals surface area contributed by atoms with Crippen LogP contribution in [-0.4, -0.2) is 11.9 Å². The lowest BCUT2D eigenvalue weighted by molar-refractivity contribution is -0.215. The van der Waals surface area contributed by atoms with E-state index in [1.54, 1.807) is 0 Å². The zero-order chi connectivity index (χ0) is 7.98. The molecule has 7 heteroatoms. The zero-order valence-electron chi connectivity index (χ0n) is 4.37. The van der Waals surface area contributed by atoms with E-state index in [1.807, 2.05) is 0 Å². The van der Waals surface area contributed by atoms with Gasteiger partial charge in [0.15, 0.2) is 0 Å². The van der Waals surface area contributed by atoms with Crippen LogP contribution in [0.3, 0.4) is 0 Å². The van der Waals surface area contributed by atoms with Crippen molar-refractivity contribution < 1.29 is 23.7 Å². The van der Waals surface area contributed by atoms with E-state index in [-0.39, 0.29) is 0 Å². The molecule has 0 radical (unpaired) electrons. The molecule has 0 aliphatic heterocycles. The van der Waals surface area contributed by atoms with Crippen molar-refractivity contribution in [2.75, 3.05) is 0 Å². The van der Waals surface area contributed by atoms with Crippen molar-refractivity contribution in [1.29, 1.82) is 5.26 Å². The summed E-state index contributed by atoms with van der Waals surface area (Å²) in [5, 5.41) is 7.68. The van der Waals surface area contributed by atoms with Gasteiger partial charge in [0.25, 0.3) is 6.26 Å². The maximum absolute atomic E-state index is 10.1. The number of esters is 1. The molecule has 0 saturated heterocycles. The Kier molecular flexibility index (Phi) is 3.95. The van der Waals surface area contributed by atoms with Gasteiger partial charge in [-0.1, -0.05) is 4.44 Å². The Morgan fingerprint density at radius 3 is 2.40 bits per heavy atom. The smallest absolute Gasteiger partial charge is 0.342 e. The first kappa shape index (κ1) is 8.68. The molecule has 10 heavy (non-hydrogen) atoms. The standard InChI is InChI=1S/C3ClNO5/c4-10-9-3(7)2(6)8-1-5. The van der Waals surface area contributed by atoms with Crippen molar-refractivity contribution in [2.24, 2.45) is 0 Å². The predicted octanol–water partition coefficient (Wildman–Crippen LogP) is -0.361. The molecule has 0 fully saturated rings. The van der Waals surface area contributed by atoms with Crippen LogP contribution in [0.4, 0.5) is 0 Å². The second-order valence-electron chi connectivity index (χ2n) is 0.915. The van der Waals surface area contributed by atoms with Gasteiger partial charge in [-0.3, -0.25) is 4.89 Å². The molecule has 0 aliphatic carbocycles. The van der Waals surface area contributed by atoms with E-state index in [9.17, 15) is 9.59 Å². The summed E-state index contributed by atoms with van der Waals surface area (Å²) in [6, 6.07) is 0. The number of nitriles is 1. The SMILES string of the molecule is N#COC(=O)C(=O)OOCl. The first-order valence-corrected chi connectivity index (χ1v) is 2.12. The quantitative estimate of drug-likeness (QED) is 0.173. The third-order valence-corrected chi connectivity index (χ3v) is 0.475.